The maximum Gasteiger partial charge on any atom is 0.371 e. The Morgan fingerprint density at radius 3 is 2.35 bits per heavy atom. The lowest BCUT2D eigenvalue weighted by Crippen LogP contribution is -3.50. The quantitative estimate of drug-likeness (QED) is 0.513. The number of allylic oxidation sites excluding steroid dienone is 1. The van der Waals surface area contributed by atoms with Crippen LogP contribution in [-0.2, 0) is 4.79 Å². The average molecular weight is 344 g/mol. The number of rotatable bonds is 2. The van der Waals surface area contributed by atoms with Crippen molar-refractivity contribution >= 4 is 11.6 Å². The summed E-state index contributed by atoms with van der Waals surface area (Å²) < 4.78 is 0.126. The summed E-state index contributed by atoms with van der Waals surface area (Å²) in [4.78, 5) is 12.5. The summed E-state index contributed by atoms with van der Waals surface area (Å²) in [5.41, 5.74) is 2.58. The van der Waals surface area contributed by atoms with Crippen LogP contribution in [0.4, 0.5) is 5.69 Å². The van der Waals surface area contributed by atoms with Crippen molar-refractivity contribution in [3.63, 3.8) is 0 Å². The highest BCUT2D eigenvalue weighted by atomic mass is 127. The number of halogens is 1. The average Bonchev–Trinajstić information content (AvgIpc) is 2.53. The summed E-state index contributed by atoms with van der Waals surface area (Å²) in [6.45, 7) is 1.95. The lowest BCUT2D eigenvalue weighted by Gasteiger charge is -2.43. The van der Waals surface area contributed by atoms with E-state index in [2.05, 4.69) is 28.2 Å². The predicted molar refractivity (Wildman–Crippen MR) is 62.8 cm³/mol. The molecule has 0 bridgehead atoms. The van der Waals surface area contributed by atoms with Gasteiger partial charge in [-0.05, 0) is 6.92 Å². The van der Waals surface area contributed by atoms with Crippen LogP contribution < -0.4 is 31.0 Å². The molecular formula is C12H15IN3O. The zero-order valence-electron chi connectivity index (χ0n) is 10.1. The zero-order chi connectivity index (χ0) is 12.6. The number of hydrogen-bond acceptors (Lipinski definition) is 3. The van der Waals surface area contributed by atoms with Crippen LogP contribution in [0, 0.1) is 0 Å². The van der Waals surface area contributed by atoms with E-state index in [9.17, 15) is 4.79 Å². The maximum atomic E-state index is 12.5. The molecule has 1 aliphatic rings. The normalized spacial score (nSPS) is 24.5. The monoisotopic (exact) mass is 344 g/mol. The summed E-state index contributed by atoms with van der Waals surface area (Å²) in [5, 5.41) is 4.95. The van der Waals surface area contributed by atoms with Crippen molar-refractivity contribution in [2.45, 2.75) is 6.92 Å². The predicted octanol–water partition coefficient (Wildman–Crippen LogP) is -1.70. The molecule has 4 nitrogen and oxygen atoms in total. The van der Waals surface area contributed by atoms with Crippen LogP contribution in [0.3, 0.4) is 0 Å². The number of likely N-dealkylation sites (N-methyl/N-ethyl adjacent to an activating group) is 1. The second kappa shape index (κ2) is 4.30. The Morgan fingerprint density at radius 2 is 1.88 bits per heavy atom. The highest BCUT2D eigenvalue weighted by molar-refractivity contribution is 6.01. The Bertz CT molecular complexity index is 486. The first-order chi connectivity index (χ1) is 8.03. The van der Waals surface area contributed by atoms with Crippen molar-refractivity contribution in [2.75, 3.05) is 14.1 Å². The highest BCUT2D eigenvalue weighted by Crippen LogP contribution is 2.29. The Morgan fingerprint density at radius 1 is 1.29 bits per heavy atom. The van der Waals surface area contributed by atoms with Gasteiger partial charge in [-0.15, -0.1) is 0 Å². The molecule has 91 valence electrons. The molecule has 1 aromatic carbocycles. The number of para-hydroxylation sites is 1. The van der Waals surface area contributed by atoms with Gasteiger partial charge in [-0.2, -0.15) is 0 Å². The Hall–Kier alpha value is -1.08. The van der Waals surface area contributed by atoms with Crippen LogP contribution in [0.5, 0.6) is 0 Å². The third kappa shape index (κ3) is 1.64. The number of hydrogen-bond donors (Lipinski definition) is 1. The smallest absolute Gasteiger partial charge is 0.371 e. The van der Waals surface area contributed by atoms with Crippen LogP contribution in [0.15, 0.2) is 41.7 Å². The SMILES string of the molecule is CNC1=C(C)N(C)[N+]([I-])(c2ccccc2)C1=O. The van der Waals surface area contributed by atoms with Crippen molar-refractivity contribution in [3.05, 3.63) is 41.7 Å². The largest absolute Gasteiger partial charge is 0.423 e. The van der Waals surface area contributed by atoms with Gasteiger partial charge in [0.25, 0.3) is 0 Å². The Balaban J connectivity index is 2.53. The molecule has 0 spiro atoms. The number of carbonyl (C=O) groups is 1. The minimum Gasteiger partial charge on any atom is -0.423 e. The molecule has 0 aliphatic carbocycles. The fourth-order valence-corrected chi connectivity index (χ4v) is 2.90. The van der Waals surface area contributed by atoms with E-state index in [1.165, 1.54) is 0 Å². The number of carbonyl (C=O) groups excluding carboxylic acids is 1. The summed E-state index contributed by atoms with van der Waals surface area (Å²) >= 11 is 2.17. The van der Waals surface area contributed by atoms with Gasteiger partial charge in [0.1, 0.15) is 5.69 Å². The van der Waals surface area contributed by atoms with Crippen molar-refractivity contribution in [2.24, 2.45) is 0 Å². The van der Waals surface area contributed by atoms with Gasteiger partial charge in [-0.1, -0.05) is 18.2 Å². The van der Waals surface area contributed by atoms with E-state index >= 15 is 0 Å². The molecule has 1 atom stereocenters. The summed E-state index contributed by atoms with van der Waals surface area (Å²) in [6, 6.07) is 9.77. The number of nitrogens with one attached hydrogen (secondary N) is 1. The highest BCUT2D eigenvalue weighted by Gasteiger charge is 2.43. The lowest BCUT2D eigenvalue weighted by atomic mass is 10.3. The third-order valence-corrected chi connectivity index (χ3v) is 4.73. The second-order valence-electron chi connectivity index (χ2n) is 3.93. The standard InChI is InChI=1S/C12H15IN3O/c1-9-11(14-2)12(17)16(13,15(9)3)10-7-5-4-6-8-10/h4-8,14H,1-3H3. The van der Waals surface area contributed by atoms with Gasteiger partial charge >= 0.3 is 5.91 Å². The van der Waals surface area contributed by atoms with E-state index in [1.807, 2.05) is 49.3 Å². The Labute approximate surface area is 115 Å². The first kappa shape index (κ1) is 12.4. The van der Waals surface area contributed by atoms with Gasteiger partial charge in [0.05, 0.1) is 12.7 Å². The third-order valence-electron chi connectivity index (χ3n) is 3.09. The molecule has 1 N–H and O–H groups in total. The molecule has 1 amide bonds. The van der Waals surface area contributed by atoms with Crippen molar-refractivity contribution < 1.29 is 27.7 Å². The van der Waals surface area contributed by atoms with Crippen LogP contribution in [0.1, 0.15) is 6.92 Å². The molecule has 1 aromatic rings. The van der Waals surface area contributed by atoms with Gasteiger partial charge in [0.15, 0.2) is 5.70 Å². The zero-order valence-corrected chi connectivity index (χ0v) is 12.2. The molecule has 0 saturated carbocycles. The molecule has 0 aromatic heterocycles. The molecule has 1 radical (unpaired) electrons. The van der Waals surface area contributed by atoms with E-state index in [4.69, 9.17) is 0 Å². The fraction of sp³-hybridized carbons (Fsp3) is 0.250. The fourth-order valence-electron chi connectivity index (χ4n) is 2.01. The molecule has 2 rings (SSSR count). The topological polar surface area (TPSA) is 32.3 Å². The first-order valence-electron chi connectivity index (χ1n) is 5.35. The number of benzene rings is 1. The molecule has 1 aliphatic heterocycles. The van der Waals surface area contributed by atoms with Crippen molar-refractivity contribution in [1.29, 1.82) is 0 Å². The van der Waals surface area contributed by atoms with Crippen LogP contribution in [-0.4, -0.2) is 25.0 Å². The van der Waals surface area contributed by atoms with E-state index in [0.29, 0.717) is 5.70 Å². The molecule has 5 heteroatoms. The van der Waals surface area contributed by atoms with E-state index in [-0.39, 0.29) is 8.71 Å². The van der Waals surface area contributed by atoms with Gasteiger partial charge in [-0.3, -0.25) is 0 Å². The maximum absolute atomic E-state index is 12.5. The molecule has 1 heterocycles. The van der Waals surface area contributed by atoms with Gasteiger partial charge in [0.2, 0.25) is 0 Å². The van der Waals surface area contributed by atoms with Crippen LogP contribution in [0.2, 0.25) is 0 Å². The summed E-state index contributed by atoms with van der Waals surface area (Å²) in [6.07, 6.45) is 0. The minimum absolute atomic E-state index is 0.0549. The molecule has 17 heavy (non-hydrogen) atoms. The van der Waals surface area contributed by atoms with Crippen molar-refractivity contribution in [3.8, 4) is 0 Å². The van der Waals surface area contributed by atoms with E-state index < -0.39 is 0 Å². The molecule has 0 fully saturated rings. The van der Waals surface area contributed by atoms with Crippen LogP contribution >= 0.6 is 0 Å². The van der Waals surface area contributed by atoms with E-state index in [0.717, 1.165) is 11.4 Å². The minimum atomic E-state index is 0.0549. The summed E-state index contributed by atoms with van der Waals surface area (Å²) in [5.74, 6) is 0.0549. The lowest BCUT2D eigenvalue weighted by molar-refractivity contribution is -0.579. The number of nitrogens with zero attached hydrogens (tertiary/aromatic N) is 2. The van der Waals surface area contributed by atoms with Crippen LogP contribution in [0.25, 0.3) is 0 Å². The molecule has 0 saturated heterocycles. The van der Waals surface area contributed by atoms with Gasteiger partial charge < -0.3 is 28.2 Å². The second-order valence-corrected chi connectivity index (χ2v) is 5.33. The number of amides is 1. The summed E-state index contributed by atoms with van der Waals surface area (Å²) in [7, 11) is 3.71. The molecule has 1 unspecified atom stereocenters. The first-order valence-corrected chi connectivity index (χ1v) is 6.32. The Kier molecular flexibility index (Phi) is 3.13. The van der Waals surface area contributed by atoms with E-state index in [1.54, 1.807) is 7.05 Å². The van der Waals surface area contributed by atoms with Crippen molar-refractivity contribution in [1.82, 2.24) is 13.1 Å². The molecular weight excluding hydrogens is 329 g/mol. The number of quaternary nitrogens is 1. The van der Waals surface area contributed by atoms with Gasteiger partial charge in [-0.25, -0.2) is 12.6 Å². The van der Waals surface area contributed by atoms with Gasteiger partial charge in [0, 0.05) is 19.2 Å².